The number of benzene rings is 1. The van der Waals surface area contributed by atoms with Crippen LogP contribution in [0.4, 0.5) is 0 Å². The third-order valence-corrected chi connectivity index (χ3v) is 3.20. The predicted molar refractivity (Wildman–Crippen MR) is 66.0 cm³/mol. The van der Waals surface area contributed by atoms with E-state index >= 15 is 0 Å². The molecule has 2 heteroatoms. The maximum atomic E-state index is 8.92. The fourth-order valence-corrected chi connectivity index (χ4v) is 1.92. The summed E-state index contributed by atoms with van der Waals surface area (Å²) in [6.07, 6.45) is 5.63. The largest absolute Gasteiger partial charge is 0.392 e. The van der Waals surface area contributed by atoms with Crippen molar-refractivity contribution >= 4 is 0 Å². The standard InChI is InChI=1S/C14H21NO/c16-11-14-7-5-13(6-8-14)10-15-9-1-2-12-3-4-12/h5-8,12,15-16H,1-4,9-11H2. The summed E-state index contributed by atoms with van der Waals surface area (Å²) >= 11 is 0. The lowest BCUT2D eigenvalue weighted by molar-refractivity contribution is 0.282. The third-order valence-electron chi connectivity index (χ3n) is 3.20. The van der Waals surface area contributed by atoms with E-state index in [9.17, 15) is 0 Å². The van der Waals surface area contributed by atoms with Crippen molar-refractivity contribution < 1.29 is 5.11 Å². The zero-order chi connectivity index (χ0) is 11.2. The maximum absolute atomic E-state index is 8.92. The molecule has 0 amide bonds. The molecule has 1 fully saturated rings. The number of rotatable bonds is 7. The van der Waals surface area contributed by atoms with Crippen molar-refractivity contribution in [1.82, 2.24) is 5.32 Å². The van der Waals surface area contributed by atoms with Crippen LogP contribution in [0.5, 0.6) is 0 Å². The van der Waals surface area contributed by atoms with Crippen molar-refractivity contribution in [2.24, 2.45) is 5.92 Å². The summed E-state index contributed by atoms with van der Waals surface area (Å²) in [4.78, 5) is 0. The van der Waals surface area contributed by atoms with E-state index in [2.05, 4.69) is 17.4 Å². The molecule has 0 heterocycles. The molecule has 0 aromatic heterocycles. The second-order valence-electron chi connectivity index (χ2n) is 4.74. The van der Waals surface area contributed by atoms with Gasteiger partial charge in [-0.1, -0.05) is 37.1 Å². The molecular weight excluding hydrogens is 198 g/mol. The van der Waals surface area contributed by atoms with Crippen LogP contribution >= 0.6 is 0 Å². The minimum Gasteiger partial charge on any atom is -0.392 e. The van der Waals surface area contributed by atoms with E-state index in [1.165, 1.54) is 31.2 Å². The highest BCUT2D eigenvalue weighted by molar-refractivity contribution is 5.21. The van der Waals surface area contributed by atoms with Gasteiger partial charge < -0.3 is 10.4 Å². The summed E-state index contributed by atoms with van der Waals surface area (Å²) in [5, 5.41) is 12.4. The molecule has 1 aliphatic rings. The summed E-state index contributed by atoms with van der Waals surface area (Å²) < 4.78 is 0. The smallest absolute Gasteiger partial charge is 0.0681 e. The quantitative estimate of drug-likeness (QED) is 0.690. The van der Waals surface area contributed by atoms with E-state index in [0.29, 0.717) is 0 Å². The third kappa shape index (κ3) is 3.95. The van der Waals surface area contributed by atoms with Gasteiger partial charge in [0.1, 0.15) is 0 Å². The van der Waals surface area contributed by atoms with Gasteiger partial charge in [0.05, 0.1) is 6.61 Å². The normalized spacial score (nSPS) is 15.3. The summed E-state index contributed by atoms with van der Waals surface area (Å²) in [5.74, 6) is 1.05. The molecular formula is C14H21NO. The molecule has 0 spiro atoms. The Hall–Kier alpha value is -0.860. The molecule has 2 N–H and O–H groups in total. The molecule has 1 aromatic rings. The van der Waals surface area contributed by atoms with E-state index in [1.54, 1.807) is 0 Å². The van der Waals surface area contributed by atoms with Crippen molar-refractivity contribution in [3.8, 4) is 0 Å². The number of nitrogens with one attached hydrogen (secondary N) is 1. The molecule has 0 unspecified atom stereocenters. The Labute approximate surface area is 97.7 Å². The van der Waals surface area contributed by atoms with Gasteiger partial charge in [-0.05, 0) is 36.4 Å². The van der Waals surface area contributed by atoms with E-state index in [0.717, 1.165) is 24.6 Å². The van der Waals surface area contributed by atoms with Gasteiger partial charge in [-0.2, -0.15) is 0 Å². The first kappa shape index (κ1) is 11.6. The van der Waals surface area contributed by atoms with Crippen LogP contribution in [0, 0.1) is 5.92 Å². The van der Waals surface area contributed by atoms with E-state index in [4.69, 9.17) is 5.11 Å². The van der Waals surface area contributed by atoms with Gasteiger partial charge in [0.15, 0.2) is 0 Å². The van der Waals surface area contributed by atoms with Gasteiger partial charge in [0, 0.05) is 6.54 Å². The lowest BCUT2D eigenvalue weighted by atomic mass is 10.1. The van der Waals surface area contributed by atoms with Crippen LogP contribution in [-0.2, 0) is 13.2 Å². The number of hydrogen-bond acceptors (Lipinski definition) is 2. The Morgan fingerprint density at radius 3 is 2.44 bits per heavy atom. The molecule has 0 aliphatic heterocycles. The summed E-state index contributed by atoms with van der Waals surface area (Å²) in [7, 11) is 0. The van der Waals surface area contributed by atoms with Gasteiger partial charge in [-0.3, -0.25) is 0 Å². The fourth-order valence-electron chi connectivity index (χ4n) is 1.92. The number of hydrogen-bond donors (Lipinski definition) is 2. The molecule has 16 heavy (non-hydrogen) atoms. The first-order valence-corrected chi connectivity index (χ1v) is 6.28. The van der Waals surface area contributed by atoms with Crippen LogP contribution in [-0.4, -0.2) is 11.7 Å². The average molecular weight is 219 g/mol. The second kappa shape index (κ2) is 6.02. The number of aliphatic hydroxyl groups excluding tert-OH is 1. The highest BCUT2D eigenvalue weighted by Crippen LogP contribution is 2.33. The molecule has 1 aliphatic carbocycles. The van der Waals surface area contributed by atoms with Crippen LogP contribution in [0.15, 0.2) is 24.3 Å². The molecule has 1 saturated carbocycles. The van der Waals surface area contributed by atoms with Gasteiger partial charge in [0.25, 0.3) is 0 Å². The maximum Gasteiger partial charge on any atom is 0.0681 e. The molecule has 0 atom stereocenters. The Morgan fingerprint density at radius 2 is 1.81 bits per heavy atom. The molecule has 2 nitrogen and oxygen atoms in total. The zero-order valence-corrected chi connectivity index (χ0v) is 9.78. The van der Waals surface area contributed by atoms with Gasteiger partial charge in [0.2, 0.25) is 0 Å². The first-order valence-electron chi connectivity index (χ1n) is 6.28. The van der Waals surface area contributed by atoms with Crippen molar-refractivity contribution in [1.29, 1.82) is 0 Å². The van der Waals surface area contributed by atoms with Crippen LogP contribution in [0.2, 0.25) is 0 Å². The lowest BCUT2D eigenvalue weighted by Crippen LogP contribution is -2.14. The van der Waals surface area contributed by atoms with E-state index < -0.39 is 0 Å². The topological polar surface area (TPSA) is 32.3 Å². The van der Waals surface area contributed by atoms with Crippen molar-refractivity contribution in [2.75, 3.05) is 6.54 Å². The van der Waals surface area contributed by atoms with E-state index in [-0.39, 0.29) is 6.61 Å². The minimum absolute atomic E-state index is 0.134. The summed E-state index contributed by atoms with van der Waals surface area (Å²) in [6.45, 7) is 2.20. The molecule has 0 radical (unpaired) electrons. The van der Waals surface area contributed by atoms with Crippen LogP contribution in [0.1, 0.15) is 36.8 Å². The highest BCUT2D eigenvalue weighted by atomic mass is 16.3. The lowest BCUT2D eigenvalue weighted by Gasteiger charge is -2.05. The fraction of sp³-hybridized carbons (Fsp3) is 0.571. The Bertz CT molecular complexity index is 303. The first-order chi connectivity index (χ1) is 7.88. The highest BCUT2D eigenvalue weighted by Gasteiger charge is 2.19. The Balaban J connectivity index is 1.60. The monoisotopic (exact) mass is 219 g/mol. The van der Waals surface area contributed by atoms with E-state index in [1.807, 2.05) is 12.1 Å². The number of aliphatic hydroxyl groups is 1. The Morgan fingerprint density at radius 1 is 1.12 bits per heavy atom. The molecule has 1 aromatic carbocycles. The van der Waals surface area contributed by atoms with Crippen molar-refractivity contribution in [3.63, 3.8) is 0 Å². The van der Waals surface area contributed by atoms with Crippen LogP contribution < -0.4 is 5.32 Å². The summed E-state index contributed by atoms with van der Waals surface area (Å²) in [5.41, 5.74) is 2.28. The van der Waals surface area contributed by atoms with Crippen molar-refractivity contribution in [3.05, 3.63) is 35.4 Å². The van der Waals surface area contributed by atoms with Gasteiger partial charge in [-0.25, -0.2) is 0 Å². The van der Waals surface area contributed by atoms with Gasteiger partial charge >= 0.3 is 0 Å². The minimum atomic E-state index is 0.134. The Kier molecular flexibility index (Phi) is 4.37. The average Bonchev–Trinajstić information content (AvgIpc) is 3.13. The zero-order valence-electron chi connectivity index (χ0n) is 9.78. The van der Waals surface area contributed by atoms with Crippen LogP contribution in [0.3, 0.4) is 0 Å². The molecule has 2 rings (SSSR count). The van der Waals surface area contributed by atoms with Crippen LogP contribution in [0.25, 0.3) is 0 Å². The predicted octanol–water partition coefficient (Wildman–Crippen LogP) is 2.46. The SMILES string of the molecule is OCc1ccc(CNCCCC2CC2)cc1. The molecule has 0 bridgehead atoms. The van der Waals surface area contributed by atoms with Gasteiger partial charge in [-0.15, -0.1) is 0 Å². The summed E-state index contributed by atoms with van der Waals surface area (Å²) in [6, 6.07) is 8.14. The molecule has 88 valence electrons. The second-order valence-corrected chi connectivity index (χ2v) is 4.74. The van der Waals surface area contributed by atoms with Crippen molar-refractivity contribution in [2.45, 2.75) is 38.8 Å². The molecule has 0 saturated heterocycles.